The van der Waals surface area contributed by atoms with E-state index in [9.17, 15) is 8.78 Å². The Bertz CT molecular complexity index is 754. The van der Waals surface area contributed by atoms with Gasteiger partial charge in [0.25, 0.3) is 0 Å². The molecule has 0 heterocycles. The zero-order valence-corrected chi connectivity index (χ0v) is 14.4. The van der Waals surface area contributed by atoms with Crippen LogP contribution in [0, 0.1) is 17.6 Å². The summed E-state index contributed by atoms with van der Waals surface area (Å²) in [5.41, 5.74) is 2.21. The van der Waals surface area contributed by atoms with Gasteiger partial charge in [-0.15, -0.1) is 0 Å². The molecule has 0 bridgehead atoms. The Balaban J connectivity index is 0.00000225. The van der Waals surface area contributed by atoms with Crippen molar-refractivity contribution in [2.75, 3.05) is 0 Å². The molecule has 24 heavy (non-hydrogen) atoms. The molecule has 0 atom stereocenters. The molecule has 1 aliphatic carbocycles. The second kappa shape index (κ2) is 7.33. The number of halogens is 2. The Hall–Kier alpha value is -1.90. The molecule has 126 valence electrons. The van der Waals surface area contributed by atoms with Crippen LogP contribution < -0.4 is 0 Å². The summed E-state index contributed by atoms with van der Waals surface area (Å²) in [5.74, 6) is -0.0385. The van der Waals surface area contributed by atoms with E-state index in [0.717, 1.165) is 11.5 Å². The summed E-state index contributed by atoms with van der Waals surface area (Å²) < 4.78 is 27.9. The Morgan fingerprint density at radius 1 is 1.00 bits per heavy atom. The van der Waals surface area contributed by atoms with Crippen LogP contribution in [0.4, 0.5) is 14.5 Å². The molecule has 0 N–H and O–H groups in total. The predicted octanol–water partition coefficient (Wildman–Crippen LogP) is 6.91. The van der Waals surface area contributed by atoms with E-state index >= 15 is 0 Å². The van der Waals surface area contributed by atoms with Crippen LogP contribution in [0.3, 0.4) is 0 Å². The third-order valence-electron chi connectivity index (χ3n) is 4.91. The summed E-state index contributed by atoms with van der Waals surface area (Å²) in [5, 5.41) is 2.00. The van der Waals surface area contributed by atoms with Gasteiger partial charge < -0.3 is 0 Å². The summed E-state index contributed by atoms with van der Waals surface area (Å²) in [6.07, 6.45) is 4.97. The van der Waals surface area contributed by atoms with Gasteiger partial charge in [-0.05, 0) is 65.7 Å². The quantitative estimate of drug-likeness (QED) is 0.435. The topological polar surface area (TPSA) is 12.4 Å². The molecule has 2 aromatic carbocycles. The maximum absolute atomic E-state index is 14.0. The van der Waals surface area contributed by atoms with Crippen LogP contribution in [0.1, 0.15) is 45.5 Å². The molecule has 0 unspecified atom stereocenters. The van der Waals surface area contributed by atoms with Crippen molar-refractivity contribution in [2.45, 2.75) is 38.5 Å². The summed E-state index contributed by atoms with van der Waals surface area (Å²) in [7, 11) is 0. The number of hydrogen-bond donors (Lipinski definition) is 0. The third kappa shape index (κ3) is 3.61. The Morgan fingerprint density at radius 2 is 1.58 bits per heavy atom. The van der Waals surface area contributed by atoms with Gasteiger partial charge in [-0.1, -0.05) is 44.0 Å². The lowest BCUT2D eigenvalue weighted by Gasteiger charge is -2.26. The highest BCUT2D eigenvalue weighted by Crippen LogP contribution is 2.36. The first-order valence-electron chi connectivity index (χ1n) is 8.25. The molecule has 0 aliphatic heterocycles. The molecular weight excluding hydrogens is 324 g/mol. The number of nitrogens with zero attached hydrogens (tertiary/aromatic N) is 1. The molecule has 2 aromatic rings. The van der Waals surface area contributed by atoms with Gasteiger partial charge in [-0.3, -0.25) is 0 Å². The van der Waals surface area contributed by atoms with Crippen LogP contribution in [0.2, 0.25) is 0 Å². The minimum absolute atomic E-state index is 0. The molecule has 0 amide bonds. The van der Waals surface area contributed by atoms with Gasteiger partial charge in [0.2, 0.25) is 0 Å². The van der Waals surface area contributed by atoms with Crippen LogP contribution in [0.5, 0.6) is 0 Å². The first-order chi connectivity index (χ1) is 11.6. The average molecular weight is 345 g/mol. The lowest BCUT2D eigenvalue weighted by atomic mass is 9.79. The van der Waals surface area contributed by atoms with Crippen molar-refractivity contribution >= 4 is 23.1 Å². The second-order valence-corrected chi connectivity index (χ2v) is 6.75. The highest BCUT2D eigenvalue weighted by Gasteiger charge is 2.19. The fraction of sp³-hybridized carbons (Fsp3) is 0.350. The lowest BCUT2D eigenvalue weighted by molar-refractivity contribution is 0.348. The Kier molecular flexibility index (Phi) is 5.17. The van der Waals surface area contributed by atoms with Crippen molar-refractivity contribution in [3.05, 3.63) is 53.6 Å². The standard InChI is InChI=1S/C20H19F2NS.H2/c1-13-2-4-14(5-3-13)15-6-8-16(9-7-15)17-10-18(21)20(23-12-24)19(22)11-17;/h6-11,13-14H,2-5H2,1H3;1H. The van der Waals surface area contributed by atoms with Crippen molar-refractivity contribution < 1.29 is 10.2 Å². The summed E-state index contributed by atoms with van der Waals surface area (Å²) in [4.78, 5) is 3.44. The van der Waals surface area contributed by atoms with Gasteiger partial charge in [0.05, 0.1) is 5.16 Å². The molecule has 1 saturated carbocycles. The normalized spacial score (nSPS) is 20.5. The minimum Gasteiger partial charge on any atom is -0.204 e. The van der Waals surface area contributed by atoms with Gasteiger partial charge in [-0.2, -0.15) is 4.99 Å². The molecule has 0 spiro atoms. The monoisotopic (exact) mass is 345 g/mol. The third-order valence-corrected chi connectivity index (χ3v) is 5.00. The van der Waals surface area contributed by atoms with Crippen molar-refractivity contribution in [1.82, 2.24) is 0 Å². The van der Waals surface area contributed by atoms with Gasteiger partial charge >= 0.3 is 0 Å². The molecular formula is C20H21F2NS. The molecule has 0 aromatic heterocycles. The van der Waals surface area contributed by atoms with E-state index in [0.29, 0.717) is 11.5 Å². The zero-order valence-electron chi connectivity index (χ0n) is 13.6. The molecule has 4 heteroatoms. The van der Waals surface area contributed by atoms with Gasteiger partial charge in [0.15, 0.2) is 11.6 Å². The maximum Gasteiger partial charge on any atom is 0.153 e. The van der Waals surface area contributed by atoms with E-state index in [1.165, 1.54) is 43.4 Å². The van der Waals surface area contributed by atoms with Crippen LogP contribution in [-0.2, 0) is 0 Å². The number of isothiocyanates is 1. The van der Waals surface area contributed by atoms with E-state index in [1.807, 2.05) is 17.3 Å². The van der Waals surface area contributed by atoms with E-state index in [1.54, 1.807) is 0 Å². The van der Waals surface area contributed by atoms with Crippen LogP contribution in [0.25, 0.3) is 11.1 Å². The number of rotatable bonds is 3. The lowest BCUT2D eigenvalue weighted by Crippen LogP contribution is -2.10. The Morgan fingerprint density at radius 3 is 2.12 bits per heavy atom. The highest BCUT2D eigenvalue weighted by atomic mass is 32.1. The largest absolute Gasteiger partial charge is 0.204 e. The van der Waals surface area contributed by atoms with E-state index in [2.05, 4.69) is 36.3 Å². The summed E-state index contributed by atoms with van der Waals surface area (Å²) in [6.45, 7) is 2.31. The van der Waals surface area contributed by atoms with E-state index in [-0.39, 0.29) is 7.11 Å². The molecule has 3 rings (SSSR count). The van der Waals surface area contributed by atoms with Crippen LogP contribution in [-0.4, -0.2) is 5.16 Å². The summed E-state index contributed by atoms with van der Waals surface area (Å²) >= 11 is 4.41. The minimum atomic E-state index is -0.729. The van der Waals surface area contributed by atoms with Crippen molar-refractivity contribution in [1.29, 1.82) is 0 Å². The van der Waals surface area contributed by atoms with Crippen molar-refractivity contribution in [3.8, 4) is 11.1 Å². The smallest absolute Gasteiger partial charge is 0.153 e. The Labute approximate surface area is 147 Å². The van der Waals surface area contributed by atoms with Gasteiger partial charge in [0.1, 0.15) is 5.69 Å². The number of thiocarbonyl (C=S) groups is 1. The first kappa shape index (κ1) is 16.9. The number of hydrogen-bond acceptors (Lipinski definition) is 2. The molecule has 0 radical (unpaired) electrons. The molecule has 1 aliphatic rings. The zero-order chi connectivity index (χ0) is 17.1. The molecule has 1 fully saturated rings. The second-order valence-electron chi connectivity index (χ2n) is 6.57. The SMILES string of the molecule is CC1CCC(c2ccc(-c3cc(F)c(N=C=S)c(F)c3)cc2)CC1.[HH]. The average Bonchev–Trinajstić information content (AvgIpc) is 2.59. The van der Waals surface area contributed by atoms with Crippen molar-refractivity contribution in [2.24, 2.45) is 10.9 Å². The van der Waals surface area contributed by atoms with Gasteiger partial charge in [0, 0.05) is 1.43 Å². The van der Waals surface area contributed by atoms with Crippen LogP contribution >= 0.6 is 12.2 Å². The number of benzene rings is 2. The van der Waals surface area contributed by atoms with E-state index in [4.69, 9.17) is 0 Å². The van der Waals surface area contributed by atoms with E-state index < -0.39 is 11.6 Å². The van der Waals surface area contributed by atoms with Gasteiger partial charge in [-0.25, -0.2) is 8.78 Å². The van der Waals surface area contributed by atoms with Crippen molar-refractivity contribution in [3.63, 3.8) is 0 Å². The maximum atomic E-state index is 14.0. The first-order valence-corrected chi connectivity index (χ1v) is 8.66. The summed E-state index contributed by atoms with van der Waals surface area (Å²) in [6, 6.07) is 10.6. The highest BCUT2D eigenvalue weighted by molar-refractivity contribution is 7.78. The molecule has 1 nitrogen and oxygen atoms in total. The fourth-order valence-electron chi connectivity index (χ4n) is 3.43. The number of aliphatic imine (C=N–C) groups is 1. The molecule has 0 saturated heterocycles. The van der Waals surface area contributed by atoms with Crippen LogP contribution in [0.15, 0.2) is 41.4 Å². The fourth-order valence-corrected chi connectivity index (χ4v) is 3.52. The predicted molar refractivity (Wildman–Crippen MR) is 99.0 cm³/mol.